The SMILES string of the molecule is CC(C)(C(=O)O)C(C1=CCCC=C1)c1ccc(N2CCOCC2)cc1. The van der Waals surface area contributed by atoms with Crippen LogP contribution in [0.5, 0.6) is 0 Å². The average Bonchev–Trinajstić information content (AvgIpc) is 2.64. The maximum Gasteiger partial charge on any atom is 0.310 e. The molecular formula is C21H27NO3. The van der Waals surface area contributed by atoms with Crippen LogP contribution in [-0.4, -0.2) is 37.4 Å². The number of allylic oxidation sites excluding steroid dienone is 4. The lowest BCUT2D eigenvalue weighted by Gasteiger charge is -2.34. The quantitative estimate of drug-likeness (QED) is 0.880. The van der Waals surface area contributed by atoms with E-state index in [4.69, 9.17) is 4.74 Å². The second-order valence-electron chi connectivity index (χ2n) is 7.33. The van der Waals surface area contributed by atoms with Crippen molar-refractivity contribution in [1.29, 1.82) is 0 Å². The van der Waals surface area contributed by atoms with Crippen molar-refractivity contribution < 1.29 is 14.6 Å². The van der Waals surface area contributed by atoms with Crippen LogP contribution in [0.2, 0.25) is 0 Å². The zero-order valence-corrected chi connectivity index (χ0v) is 15.1. The third-order valence-electron chi connectivity index (χ3n) is 5.23. The monoisotopic (exact) mass is 341 g/mol. The molecular weight excluding hydrogens is 314 g/mol. The lowest BCUT2D eigenvalue weighted by Crippen LogP contribution is -2.36. The van der Waals surface area contributed by atoms with Crippen molar-refractivity contribution in [3.8, 4) is 0 Å². The molecule has 4 nitrogen and oxygen atoms in total. The third kappa shape index (κ3) is 3.79. The van der Waals surface area contributed by atoms with Crippen LogP contribution < -0.4 is 4.90 Å². The Morgan fingerprint density at radius 1 is 1.16 bits per heavy atom. The number of benzene rings is 1. The van der Waals surface area contributed by atoms with Gasteiger partial charge in [-0.15, -0.1) is 0 Å². The highest BCUT2D eigenvalue weighted by Gasteiger charge is 2.39. The van der Waals surface area contributed by atoms with E-state index in [-0.39, 0.29) is 5.92 Å². The predicted molar refractivity (Wildman–Crippen MR) is 100 cm³/mol. The van der Waals surface area contributed by atoms with Gasteiger partial charge in [-0.05, 0) is 50.0 Å². The van der Waals surface area contributed by atoms with Gasteiger partial charge in [0.1, 0.15) is 0 Å². The highest BCUT2D eigenvalue weighted by molar-refractivity contribution is 5.76. The standard InChI is InChI=1S/C21H27NO3/c1-21(2,20(23)24)19(16-6-4-3-5-7-16)17-8-10-18(11-9-17)22-12-14-25-15-13-22/h4,6-11,19H,3,5,12-15H2,1-2H3,(H,23,24). The number of carboxylic acid groups (broad SMARTS) is 1. The van der Waals surface area contributed by atoms with E-state index in [0.717, 1.165) is 50.3 Å². The normalized spacial score (nSPS) is 19.4. The summed E-state index contributed by atoms with van der Waals surface area (Å²) in [6.07, 6.45) is 8.42. The molecule has 4 heteroatoms. The van der Waals surface area contributed by atoms with Crippen molar-refractivity contribution in [2.45, 2.75) is 32.6 Å². The summed E-state index contributed by atoms with van der Waals surface area (Å²) in [6, 6.07) is 8.39. The maximum atomic E-state index is 11.9. The Hall–Kier alpha value is -2.07. The van der Waals surface area contributed by atoms with Crippen LogP contribution in [-0.2, 0) is 9.53 Å². The first kappa shape index (κ1) is 17.7. The van der Waals surface area contributed by atoms with E-state index < -0.39 is 11.4 Å². The van der Waals surface area contributed by atoms with Gasteiger partial charge in [-0.2, -0.15) is 0 Å². The van der Waals surface area contributed by atoms with E-state index in [1.54, 1.807) is 0 Å². The molecule has 3 rings (SSSR count). The minimum atomic E-state index is -0.867. The van der Waals surface area contributed by atoms with Crippen LogP contribution in [0.15, 0.2) is 48.1 Å². The van der Waals surface area contributed by atoms with Crippen LogP contribution in [0.25, 0.3) is 0 Å². The fourth-order valence-corrected chi connectivity index (χ4v) is 3.70. The summed E-state index contributed by atoms with van der Waals surface area (Å²) >= 11 is 0. The van der Waals surface area contributed by atoms with E-state index in [9.17, 15) is 9.90 Å². The minimum Gasteiger partial charge on any atom is -0.481 e. The van der Waals surface area contributed by atoms with E-state index >= 15 is 0 Å². The molecule has 1 saturated heterocycles. The summed E-state index contributed by atoms with van der Waals surface area (Å²) in [6.45, 7) is 6.95. The first-order valence-corrected chi connectivity index (χ1v) is 9.03. The molecule has 1 aromatic rings. The van der Waals surface area contributed by atoms with Crippen LogP contribution in [0.1, 0.15) is 38.2 Å². The number of aliphatic carboxylic acids is 1. The highest BCUT2D eigenvalue weighted by atomic mass is 16.5. The number of rotatable bonds is 5. The minimum absolute atomic E-state index is 0.153. The van der Waals surface area contributed by atoms with Gasteiger partial charge in [0.2, 0.25) is 0 Å². The molecule has 1 aromatic carbocycles. The number of carbonyl (C=O) groups is 1. The molecule has 0 radical (unpaired) electrons. The molecule has 1 atom stereocenters. The van der Waals surface area contributed by atoms with Gasteiger partial charge in [0.25, 0.3) is 0 Å². The Labute approximate surface area is 149 Å². The molecule has 1 fully saturated rings. The van der Waals surface area contributed by atoms with Crippen LogP contribution >= 0.6 is 0 Å². The van der Waals surface area contributed by atoms with E-state index in [0.29, 0.717) is 0 Å². The Kier molecular flexibility index (Phi) is 5.28. The second-order valence-corrected chi connectivity index (χ2v) is 7.33. The smallest absolute Gasteiger partial charge is 0.310 e. The highest BCUT2D eigenvalue weighted by Crippen LogP contribution is 2.43. The van der Waals surface area contributed by atoms with Crippen LogP contribution in [0.3, 0.4) is 0 Å². The van der Waals surface area contributed by atoms with Gasteiger partial charge in [0.15, 0.2) is 0 Å². The predicted octanol–water partition coefficient (Wildman–Crippen LogP) is 3.99. The average molecular weight is 341 g/mol. The number of anilines is 1. The molecule has 1 aliphatic heterocycles. The van der Waals surface area contributed by atoms with Gasteiger partial charge >= 0.3 is 5.97 Å². The Morgan fingerprint density at radius 2 is 1.84 bits per heavy atom. The second kappa shape index (κ2) is 7.44. The van der Waals surface area contributed by atoms with Gasteiger partial charge in [0.05, 0.1) is 18.6 Å². The molecule has 1 heterocycles. The number of nitrogens with zero attached hydrogens (tertiary/aromatic N) is 1. The lowest BCUT2D eigenvalue weighted by atomic mass is 9.70. The summed E-state index contributed by atoms with van der Waals surface area (Å²) in [4.78, 5) is 14.2. The number of morpholine rings is 1. The van der Waals surface area contributed by atoms with Crippen LogP contribution in [0.4, 0.5) is 5.69 Å². The molecule has 1 unspecified atom stereocenters. The molecule has 25 heavy (non-hydrogen) atoms. The number of hydrogen-bond donors (Lipinski definition) is 1. The van der Waals surface area contributed by atoms with Gasteiger partial charge in [-0.25, -0.2) is 0 Å². The zero-order chi connectivity index (χ0) is 17.9. The molecule has 2 aliphatic rings. The van der Waals surface area contributed by atoms with Gasteiger partial charge < -0.3 is 14.7 Å². The number of hydrogen-bond acceptors (Lipinski definition) is 3. The summed E-state index contributed by atoms with van der Waals surface area (Å²) < 4.78 is 5.41. The molecule has 134 valence electrons. The number of carboxylic acids is 1. The molecule has 1 aliphatic carbocycles. The molecule has 0 spiro atoms. The van der Waals surface area contributed by atoms with Crippen molar-refractivity contribution in [3.05, 3.63) is 53.6 Å². The first-order chi connectivity index (χ1) is 12.0. The molecule has 0 saturated carbocycles. The van der Waals surface area contributed by atoms with Gasteiger partial charge in [-0.1, -0.05) is 30.4 Å². The molecule has 0 aromatic heterocycles. The summed E-state index contributed by atoms with van der Waals surface area (Å²) in [5.74, 6) is -0.921. The topological polar surface area (TPSA) is 49.8 Å². The Bertz CT molecular complexity index is 667. The fourth-order valence-electron chi connectivity index (χ4n) is 3.70. The Balaban J connectivity index is 1.91. The Morgan fingerprint density at radius 3 is 2.40 bits per heavy atom. The van der Waals surface area contributed by atoms with Crippen molar-refractivity contribution in [3.63, 3.8) is 0 Å². The van der Waals surface area contributed by atoms with Gasteiger partial charge in [0, 0.05) is 24.7 Å². The van der Waals surface area contributed by atoms with Crippen molar-refractivity contribution in [1.82, 2.24) is 0 Å². The molecule has 0 bridgehead atoms. The number of ether oxygens (including phenoxy) is 1. The fraction of sp³-hybridized carbons (Fsp3) is 0.476. The summed E-state index contributed by atoms with van der Waals surface area (Å²) in [7, 11) is 0. The largest absolute Gasteiger partial charge is 0.481 e. The molecule has 1 N–H and O–H groups in total. The lowest BCUT2D eigenvalue weighted by molar-refractivity contribution is -0.147. The summed E-state index contributed by atoms with van der Waals surface area (Å²) in [5.41, 5.74) is 2.47. The molecule has 0 amide bonds. The third-order valence-corrected chi connectivity index (χ3v) is 5.23. The van der Waals surface area contributed by atoms with E-state index in [1.165, 1.54) is 5.69 Å². The van der Waals surface area contributed by atoms with Crippen molar-refractivity contribution in [2.75, 3.05) is 31.2 Å². The summed E-state index contributed by atoms with van der Waals surface area (Å²) in [5, 5.41) is 9.79. The van der Waals surface area contributed by atoms with Crippen molar-refractivity contribution >= 4 is 11.7 Å². The maximum absolute atomic E-state index is 11.9. The zero-order valence-electron chi connectivity index (χ0n) is 15.1. The van der Waals surface area contributed by atoms with E-state index in [2.05, 4.69) is 47.4 Å². The first-order valence-electron chi connectivity index (χ1n) is 9.03. The van der Waals surface area contributed by atoms with Gasteiger partial charge in [-0.3, -0.25) is 4.79 Å². The van der Waals surface area contributed by atoms with Crippen LogP contribution in [0, 0.1) is 5.41 Å². The van der Waals surface area contributed by atoms with Crippen molar-refractivity contribution in [2.24, 2.45) is 5.41 Å². The van der Waals surface area contributed by atoms with E-state index in [1.807, 2.05) is 13.8 Å².